The molecule has 1 aromatic heterocycles. The van der Waals surface area contributed by atoms with Gasteiger partial charge in [0.25, 0.3) is 5.91 Å². The number of benzene rings is 1. The molecule has 1 aliphatic heterocycles. The van der Waals surface area contributed by atoms with Crippen molar-refractivity contribution in [2.75, 3.05) is 13.1 Å². The minimum absolute atomic E-state index is 0.0566. The average molecular weight is 374 g/mol. The summed E-state index contributed by atoms with van der Waals surface area (Å²) >= 11 is 1.51. The SMILES string of the molecule is O=C(O)CC[C@@H]1CCCN(C(=O)c2ccccc2OCc2cscn2)C1. The first-order valence-corrected chi connectivity index (χ1v) is 9.67. The van der Waals surface area contributed by atoms with Gasteiger partial charge in [0.15, 0.2) is 0 Å². The molecule has 0 radical (unpaired) electrons. The van der Waals surface area contributed by atoms with Crippen LogP contribution >= 0.6 is 11.3 Å². The summed E-state index contributed by atoms with van der Waals surface area (Å²) in [6.07, 6.45) is 2.64. The van der Waals surface area contributed by atoms with Crippen molar-refractivity contribution in [2.45, 2.75) is 32.3 Å². The molecular formula is C19H22N2O4S. The third-order valence-corrected chi connectivity index (χ3v) is 5.18. The van der Waals surface area contributed by atoms with Crippen LogP contribution in [0.15, 0.2) is 35.2 Å². The van der Waals surface area contributed by atoms with Crippen LogP contribution in [0.5, 0.6) is 5.75 Å². The van der Waals surface area contributed by atoms with Gasteiger partial charge in [0, 0.05) is 24.9 Å². The average Bonchev–Trinajstić information content (AvgIpc) is 3.18. The van der Waals surface area contributed by atoms with Crippen LogP contribution in [0.4, 0.5) is 0 Å². The molecule has 0 saturated carbocycles. The molecule has 3 rings (SSSR count). The number of likely N-dealkylation sites (tertiary alicyclic amines) is 1. The second-order valence-electron chi connectivity index (χ2n) is 6.46. The maximum Gasteiger partial charge on any atom is 0.303 e. The van der Waals surface area contributed by atoms with Gasteiger partial charge in [-0.05, 0) is 37.3 Å². The Hall–Kier alpha value is -2.41. The van der Waals surface area contributed by atoms with Crippen LogP contribution in [0.1, 0.15) is 41.7 Å². The molecule has 1 atom stereocenters. The Morgan fingerprint density at radius 3 is 2.96 bits per heavy atom. The molecule has 7 heteroatoms. The number of rotatable bonds is 7. The van der Waals surface area contributed by atoms with Crippen LogP contribution in [0, 0.1) is 5.92 Å². The molecule has 138 valence electrons. The largest absolute Gasteiger partial charge is 0.486 e. The van der Waals surface area contributed by atoms with Gasteiger partial charge in [-0.15, -0.1) is 11.3 Å². The Labute approximate surface area is 156 Å². The van der Waals surface area contributed by atoms with Gasteiger partial charge >= 0.3 is 5.97 Å². The molecule has 1 fully saturated rings. The highest BCUT2D eigenvalue weighted by atomic mass is 32.1. The number of aromatic nitrogens is 1. The van der Waals surface area contributed by atoms with E-state index in [0.717, 1.165) is 18.5 Å². The molecule has 26 heavy (non-hydrogen) atoms. The summed E-state index contributed by atoms with van der Waals surface area (Å²) in [5, 5.41) is 10.8. The van der Waals surface area contributed by atoms with Crippen molar-refractivity contribution in [1.29, 1.82) is 0 Å². The van der Waals surface area contributed by atoms with E-state index in [1.807, 2.05) is 22.4 Å². The smallest absolute Gasteiger partial charge is 0.303 e. The normalized spacial score (nSPS) is 17.1. The standard InChI is InChI=1S/C19H22N2O4S/c22-18(23)8-7-14-4-3-9-21(10-14)19(24)16-5-1-2-6-17(16)25-11-15-12-26-13-20-15/h1-2,5-6,12-14H,3-4,7-11H2,(H,22,23)/t14-/m0/s1. The van der Waals surface area contributed by atoms with Crippen molar-refractivity contribution in [3.8, 4) is 5.75 Å². The molecule has 6 nitrogen and oxygen atoms in total. The second-order valence-corrected chi connectivity index (χ2v) is 7.18. The van der Waals surface area contributed by atoms with Gasteiger partial charge in [-0.1, -0.05) is 12.1 Å². The first kappa shape index (κ1) is 18.4. The number of piperidine rings is 1. The van der Waals surface area contributed by atoms with E-state index in [4.69, 9.17) is 9.84 Å². The molecule has 1 aliphatic rings. The van der Waals surface area contributed by atoms with E-state index in [0.29, 0.717) is 37.4 Å². The van der Waals surface area contributed by atoms with E-state index in [1.165, 1.54) is 11.3 Å². The molecule has 0 spiro atoms. The van der Waals surface area contributed by atoms with Gasteiger partial charge in [-0.25, -0.2) is 4.98 Å². The summed E-state index contributed by atoms with van der Waals surface area (Å²) in [5.74, 6) is -0.0433. The Balaban J connectivity index is 1.66. The third-order valence-electron chi connectivity index (χ3n) is 4.55. The minimum atomic E-state index is -0.783. The van der Waals surface area contributed by atoms with E-state index >= 15 is 0 Å². The Morgan fingerprint density at radius 1 is 1.35 bits per heavy atom. The van der Waals surface area contributed by atoms with Crippen LogP contribution in [0.3, 0.4) is 0 Å². The van der Waals surface area contributed by atoms with E-state index in [2.05, 4.69) is 4.98 Å². The fourth-order valence-corrected chi connectivity index (χ4v) is 3.76. The number of hydrogen-bond donors (Lipinski definition) is 1. The molecular weight excluding hydrogens is 352 g/mol. The molecule has 1 N–H and O–H groups in total. The molecule has 2 aromatic rings. The Kier molecular flexibility index (Phi) is 6.22. The van der Waals surface area contributed by atoms with Crippen molar-refractivity contribution in [3.63, 3.8) is 0 Å². The zero-order valence-electron chi connectivity index (χ0n) is 14.5. The number of nitrogens with zero attached hydrogens (tertiary/aromatic N) is 2. The van der Waals surface area contributed by atoms with Crippen LogP contribution < -0.4 is 4.74 Å². The number of carbonyl (C=O) groups excluding carboxylic acids is 1. The molecule has 0 bridgehead atoms. The summed E-state index contributed by atoms with van der Waals surface area (Å²) in [5.41, 5.74) is 3.13. The van der Waals surface area contributed by atoms with Gasteiger partial charge in [-0.2, -0.15) is 0 Å². The number of carboxylic acid groups (broad SMARTS) is 1. The summed E-state index contributed by atoms with van der Waals surface area (Å²) < 4.78 is 5.82. The molecule has 1 saturated heterocycles. The van der Waals surface area contributed by atoms with Gasteiger partial charge in [-0.3, -0.25) is 9.59 Å². The van der Waals surface area contributed by atoms with Crippen LogP contribution in [0.25, 0.3) is 0 Å². The summed E-state index contributed by atoms with van der Waals surface area (Å²) in [6, 6.07) is 7.25. The number of carbonyl (C=O) groups is 2. The maximum atomic E-state index is 13.0. The number of hydrogen-bond acceptors (Lipinski definition) is 5. The monoisotopic (exact) mass is 374 g/mol. The molecule has 1 amide bonds. The number of aliphatic carboxylic acids is 1. The lowest BCUT2D eigenvalue weighted by atomic mass is 9.93. The zero-order valence-corrected chi connectivity index (χ0v) is 15.3. The number of amides is 1. The second kappa shape index (κ2) is 8.80. The fraction of sp³-hybridized carbons (Fsp3) is 0.421. The van der Waals surface area contributed by atoms with Gasteiger partial charge in [0.2, 0.25) is 0 Å². The Bertz CT molecular complexity index is 748. The molecule has 0 aliphatic carbocycles. The van der Waals surface area contributed by atoms with Crippen molar-refractivity contribution in [2.24, 2.45) is 5.92 Å². The van der Waals surface area contributed by atoms with Crippen molar-refractivity contribution in [1.82, 2.24) is 9.88 Å². The van der Waals surface area contributed by atoms with Crippen molar-refractivity contribution in [3.05, 3.63) is 46.4 Å². The third kappa shape index (κ3) is 4.82. The van der Waals surface area contributed by atoms with E-state index < -0.39 is 5.97 Å². The van der Waals surface area contributed by atoms with E-state index in [9.17, 15) is 9.59 Å². The fourth-order valence-electron chi connectivity index (χ4n) is 3.21. The highest BCUT2D eigenvalue weighted by molar-refractivity contribution is 7.07. The van der Waals surface area contributed by atoms with Gasteiger partial charge < -0.3 is 14.7 Å². The summed E-state index contributed by atoms with van der Waals surface area (Å²) in [7, 11) is 0. The number of ether oxygens (including phenoxy) is 1. The lowest BCUT2D eigenvalue weighted by Gasteiger charge is -2.33. The number of thiazole rings is 1. The van der Waals surface area contributed by atoms with Crippen molar-refractivity contribution < 1.29 is 19.4 Å². The lowest BCUT2D eigenvalue weighted by Crippen LogP contribution is -2.40. The Morgan fingerprint density at radius 2 is 2.19 bits per heavy atom. The highest BCUT2D eigenvalue weighted by Gasteiger charge is 2.26. The quantitative estimate of drug-likeness (QED) is 0.803. The predicted molar refractivity (Wildman–Crippen MR) is 98.4 cm³/mol. The molecule has 1 aromatic carbocycles. The number of para-hydroxylation sites is 1. The van der Waals surface area contributed by atoms with Crippen LogP contribution in [-0.4, -0.2) is 40.0 Å². The summed E-state index contributed by atoms with van der Waals surface area (Å²) in [4.78, 5) is 29.8. The summed E-state index contributed by atoms with van der Waals surface area (Å²) in [6.45, 7) is 1.63. The first-order valence-electron chi connectivity index (χ1n) is 8.73. The molecule has 0 unspecified atom stereocenters. The van der Waals surface area contributed by atoms with E-state index in [1.54, 1.807) is 17.6 Å². The van der Waals surface area contributed by atoms with Gasteiger partial charge in [0.05, 0.1) is 16.8 Å². The maximum absolute atomic E-state index is 13.0. The van der Waals surface area contributed by atoms with Crippen LogP contribution in [-0.2, 0) is 11.4 Å². The number of carboxylic acids is 1. The predicted octanol–water partition coefficient (Wildman–Crippen LogP) is 3.44. The molecule has 2 heterocycles. The van der Waals surface area contributed by atoms with Crippen LogP contribution in [0.2, 0.25) is 0 Å². The zero-order chi connectivity index (χ0) is 18.4. The minimum Gasteiger partial charge on any atom is -0.486 e. The van der Waals surface area contributed by atoms with E-state index in [-0.39, 0.29) is 18.2 Å². The topological polar surface area (TPSA) is 79.7 Å². The van der Waals surface area contributed by atoms with Crippen molar-refractivity contribution >= 4 is 23.2 Å². The first-order chi connectivity index (χ1) is 12.6. The lowest BCUT2D eigenvalue weighted by molar-refractivity contribution is -0.137. The highest BCUT2D eigenvalue weighted by Crippen LogP contribution is 2.26. The van der Waals surface area contributed by atoms with Gasteiger partial charge in [0.1, 0.15) is 12.4 Å².